The smallest absolute Gasteiger partial charge is 0.350 e. The third-order valence-electron chi connectivity index (χ3n) is 10.7. The summed E-state index contributed by atoms with van der Waals surface area (Å²) in [5, 5.41) is 10.6. The molecule has 2 heterocycles. The summed E-state index contributed by atoms with van der Waals surface area (Å²) in [6.45, 7) is 35.4. The lowest BCUT2D eigenvalue weighted by Gasteiger charge is -2.60. The first-order valence-corrected chi connectivity index (χ1v) is 21.7. The monoisotopic (exact) mass is 646 g/mol. The van der Waals surface area contributed by atoms with E-state index >= 15 is 0 Å². The molecule has 1 aliphatic heterocycles. The fourth-order valence-electron chi connectivity index (χ4n) is 8.83. The molecule has 1 aromatic heterocycles. The van der Waals surface area contributed by atoms with Gasteiger partial charge in [0, 0.05) is 11.2 Å². The molecule has 0 unspecified atom stereocenters. The van der Waals surface area contributed by atoms with E-state index in [1.54, 1.807) is 16.8 Å². The molecule has 1 fully saturated rings. The summed E-state index contributed by atoms with van der Waals surface area (Å²) in [5.41, 5.74) is 4.22. The second kappa shape index (κ2) is 13.7. The third-order valence-corrected chi connectivity index (χ3v) is 25.7. The molecule has 0 aliphatic carbocycles. The van der Waals surface area contributed by atoms with Gasteiger partial charge in [0.25, 0.3) is 0 Å². The van der Waals surface area contributed by atoms with Gasteiger partial charge >= 0.3 is 5.69 Å². The lowest BCUT2D eigenvalue weighted by atomic mass is 9.84. The lowest BCUT2D eigenvalue weighted by Crippen LogP contribution is -2.67. The molecule has 0 spiro atoms. The van der Waals surface area contributed by atoms with Gasteiger partial charge < -0.3 is 14.9 Å². The van der Waals surface area contributed by atoms with Gasteiger partial charge in [-0.15, -0.1) is 0 Å². The van der Waals surface area contributed by atoms with Crippen LogP contribution in [0.15, 0.2) is 17.1 Å². The molecule has 0 saturated carbocycles. The minimum atomic E-state index is -2.59. The Hall–Kier alpha value is -1.48. The molecule has 1 aromatic rings. The fraction of sp³-hybridized carbons (Fsp3) is 0.857. The lowest BCUT2D eigenvalue weighted by molar-refractivity contribution is 0.0451. The van der Waals surface area contributed by atoms with Crippen molar-refractivity contribution < 1.29 is 9.16 Å². The second-order valence-corrected chi connectivity index (χ2v) is 27.9. The SMILES string of the molecule is CC(C)C[Si](CC(C)C)(OC[C@H]1OC[C@](C#N)(n2ccc(N)nc2=O)[C@@]1(C)[Si](CC(C)C)(CC(C)C)C(C)(C)C)C(C)(C)C. The van der Waals surface area contributed by atoms with Crippen LogP contribution in [0.3, 0.4) is 0 Å². The molecule has 9 heteroatoms. The Balaban J connectivity index is 3.00. The minimum absolute atomic E-state index is 0.0229. The van der Waals surface area contributed by atoms with E-state index in [4.69, 9.17) is 14.9 Å². The summed E-state index contributed by atoms with van der Waals surface area (Å²) >= 11 is 0. The predicted octanol–water partition coefficient (Wildman–Crippen LogP) is 8.84. The van der Waals surface area contributed by atoms with Crippen LogP contribution in [0.2, 0.25) is 39.3 Å². The van der Waals surface area contributed by atoms with Crippen molar-refractivity contribution in [2.45, 2.75) is 155 Å². The van der Waals surface area contributed by atoms with E-state index in [0.29, 0.717) is 30.3 Å². The molecular formula is C35H66N4O3Si2. The summed E-state index contributed by atoms with van der Waals surface area (Å²) < 4.78 is 15.9. The van der Waals surface area contributed by atoms with Gasteiger partial charge in [0.2, 0.25) is 0 Å². The Kier molecular flexibility index (Phi) is 12.1. The van der Waals surface area contributed by atoms with Gasteiger partial charge in [0.05, 0.1) is 33.5 Å². The molecule has 7 nitrogen and oxygen atoms in total. The number of nitrogen functional groups attached to an aromatic ring is 1. The maximum atomic E-state index is 13.7. The quantitative estimate of drug-likeness (QED) is 0.215. The van der Waals surface area contributed by atoms with E-state index in [2.05, 4.69) is 115 Å². The third kappa shape index (κ3) is 7.09. The molecule has 0 aromatic carbocycles. The molecule has 2 N–H and O–H groups in total. The Bertz CT molecular complexity index is 1190. The van der Waals surface area contributed by atoms with Crippen molar-refractivity contribution in [3.8, 4) is 6.07 Å². The van der Waals surface area contributed by atoms with Crippen LogP contribution in [0, 0.1) is 35.0 Å². The van der Waals surface area contributed by atoms with E-state index in [1.165, 1.54) is 0 Å². The standard InChI is InChI=1S/C35H66N4O3Si2/c1-25(2)19-43(20-26(3)4,32(9,10)11)34(15)29(18-42-44(21-27(5)6,22-28(7)8)33(12,13)14)41-24-35(34,23-36)39-17-16-30(37)38-31(39)40/h16-17,25-29H,18-22,24H2,1-15H3,(H2,37,38,40)/t29-,34+,35+/m1/s1. The largest absolute Gasteiger partial charge is 0.414 e. The average Bonchev–Trinajstić information content (AvgIpc) is 3.12. The zero-order valence-corrected chi connectivity index (χ0v) is 32.9. The highest BCUT2D eigenvalue weighted by atomic mass is 28.4. The summed E-state index contributed by atoms with van der Waals surface area (Å²) in [6, 6.07) is 8.56. The highest BCUT2D eigenvalue weighted by Gasteiger charge is 2.73. The molecule has 44 heavy (non-hydrogen) atoms. The van der Waals surface area contributed by atoms with Gasteiger partial charge in [-0.05, 0) is 51.9 Å². The molecule has 3 atom stereocenters. The topological polar surface area (TPSA) is 103 Å². The molecule has 1 saturated heterocycles. The Morgan fingerprint density at radius 3 is 1.82 bits per heavy atom. The molecule has 252 valence electrons. The first kappa shape index (κ1) is 38.7. The van der Waals surface area contributed by atoms with Gasteiger partial charge in [-0.1, -0.05) is 116 Å². The normalized spacial score (nSPS) is 23.7. The van der Waals surface area contributed by atoms with Crippen molar-refractivity contribution in [2.75, 3.05) is 18.9 Å². The van der Waals surface area contributed by atoms with E-state index in [1.807, 2.05) is 0 Å². The summed E-state index contributed by atoms with van der Waals surface area (Å²) in [5.74, 6) is 2.02. The van der Waals surface area contributed by atoms with Crippen LogP contribution in [0.1, 0.15) is 104 Å². The van der Waals surface area contributed by atoms with E-state index in [9.17, 15) is 10.1 Å². The number of hydrogen-bond acceptors (Lipinski definition) is 6. The number of ether oxygens (including phenoxy) is 1. The molecule has 1 aliphatic rings. The molecule has 0 radical (unpaired) electrons. The number of aromatic nitrogens is 2. The van der Waals surface area contributed by atoms with E-state index in [-0.39, 0.29) is 28.6 Å². The van der Waals surface area contributed by atoms with E-state index < -0.39 is 32.7 Å². The van der Waals surface area contributed by atoms with Crippen molar-refractivity contribution in [1.29, 1.82) is 5.26 Å². The van der Waals surface area contributed by atoms with Gasteiger partial charge in [-0.2, -0.15) is 10.2 Å². The summed E-state index contributed by atoms with van der Waals surface area (Å²) in [4.78, 5) is 17.8. The number of nitriles is 1. The highest BCUT2D eigenvalue weighted by molar-refractivity contribution is 6.86. The average molecular weight is 647 g/mol. The number of hydrogen-bond donors (Lipinski definition) is 1. The number of nitrogens with zero attached hydrogens (tertiary/aromatic N) is 3. The molecule has 0 bridgehead atoms. The first-order valence-electron chi connectivity index (χ1n) is 17.0. The van der Waals surface area contributed by atoms with Crippen LogP contribution < -0.4 is 11.4 Å². The Labute approximate surface area is 271 Å². The van der Waals surface area contributed by atoms with Gasteiger partial charge in [0.1, 0.15) is 5.82 Å². The van der Waals surface area contributed by atoms with Crippen LogP contribution >= 0.6 is 0 Å². The van der Waals surface area contributed by atoms with Crippen molar-refractivity contribution in [2.24, 2.45) is 23.7 Å². The van der Waals surface area contributed by atoms with Crippen molar-refractivity contribution in [3.05, 3.63) is 22.7 Å². The van der Waals surface area contributed by atoms with E-state index in [0.717, 1.165) is 24.2 Å². The zero-order valence-electron chi connectivity index (χ0n) is 30.9. The fourth-order valence-corrected chi connectivity index (χ4v) is 22.4. The number of rotatable bonds is 13. The van der Waals surface area contributed by atoms with Crippen LogP contribution in [0.4, 0.5) is 5.82 Å². The number of anilines is 1. The predicted molar refractivity (Wildman–Crippen MR) is 190 cm³/mol. The van der Waals surface area contributed by atoms with Gasteiger partial charge in [0.15, 0.2) is 13.9 Å². The molecular weight excluding hydrogens is 581 g/mol. The van der Waals surface area contributed by atoms with Gasteiger partial charge in [-0.25, -0.2) is 4.79 Å². The maximum Gasteiger partial charge on any atom is 0.350 e. The molecule has 2 rings (SSSR count). The van der Waals surface area contributed by atoms with Crippen LogP contribution in [-0.4, -0.2) is 45.3 Å². The minimum Gasteiger partial charge on any atom is -0.414 e. The molecule has 0 amide bonds. The van der Waals surface area contributed by atoms with Crippen LogP contribution in [0.25, 0.3) is 0 Å². The van der Waals surface area contributed by atoms with Crippen LogP contribution in [0.5, 0.6) is 0 Å². The van der Waals surface area contributed by atoms with Crippen molar-refractivity contribution in [1.82, 2.24) is 9.55 Å². The first-order chi connectivity index (χ1) is 19.9. The number of nitrogens with two attached hydrogens (primary N) is 1. The second-order valence-electron chi connectivity index (χ2n) is 17.8. The summed E-state index contributed by atoms with van der Waals surface area (Å²) in [6.07, 6.45) is 1.33. The van der Waals surface area contributed by atoms with Crippen LogP contribution in [-0.2, 0) is 14.7 Å². The van der Waals surface area contributed by atoms with Crippen molar-refractivity contribution in [3.63, 3.8) is 0 Å². The Morgan fingerprint density at radius 2 is 1.45 bits per heavy atom. The van der Waals surface area contributed by atoms with Gasteiger partial charge in [-0.3, -0.25) is 4.57 Å². The zero-order chi connectivity index (χ0) is 34.1. The maximum absolute atomic E-state index is 13.7. The Morgan fingerprint density at radius 1 is 0.977 bits per heavy atom. The summed E-state index contributed by atoms with van der Waals surface area (Å²) in [7, 11) is -4.91. The van der Waals surface area contributed by atoms with Crippen molar-refractivity contribution >= 4 is 22.2 Å². The highest BCUT2D eigenvalue weighted by Crippen LogP contribution is 2.68.